The van der Waals surface area contributed by atoms with Crippen LogP contribution >= 0.6 is 0 Å². The molecule has 2 rings (SSSR count). The van der Waals surface area contributed by atoms with Gasteiger partial charge in [0, 0.05) is 12.3 Å². The summed E-state index contributed by atoms with van der Waals surface area (Å²) in [5.41, 5.74) is -0.397. The largest absolute Gasteiger partial charge is 0.454 e. The fourth-order valence-electron chi connectivity index (χ4n) is 0.875. The summed E-state index contributed by atoms with van der Waals surface area (Å²) in [6, 6.07) is 1.30. The fraction of sp³-hybridized carbons (Fsp3) is 0.167. The number of hydrogen-bond acceptors (Lipinski definition) is 4. The smallest absolute Gasteiger partial charge is 0.307 e. The van der Waals surface area contributed by atoms with Crippen molar-refractivity contribution in [3.8, 4) is 6.01 Å². The van der Waals surface area contributed by atoms with Crippen LogP contribution < -0.4 is 10.3 Å². The number of ether oxygens (including phenoxy) is 1. The Morgan fingerprint density at radius 3 is 3.18 bits per heavy atom. The molecule has 0 aromatic carbocycles. The highest BCUT2D eigenvalue weighted by molar-refractivity contribution is 5.83. The summed E-state index contributed by atoms with van der Waals surface area (Å²) in [5, 5.41) is 0. The Kier molecular flexibility index (Phi) is 1.06. The highest BCUT2D eigenvalue weighted by atomic mass is 16.5. The van der Waals surface area contributed by atoms with E-state index >= 15 is 0 Å². The number of rotatable bonds is 0. The van der Waals surface area contributed by atoms with E-state index < -0.39 is 5.56 Å². The van der Waals surface area contributed by atoms with Gasteiger partial charge in [0.25, 0.3) is 11.5 Å². The van der Waals surface area contributed by atoms with Gasteiger partial charge in [-0.05, 0) is 0 Å². The Morgan fingerprint density at radius 1 is 1.55 bits per heavy atom. The van der Waals surface area contributed by atoms with E-state index in [1.807, 2.05) is 0 Å². The van der Waals surface area contributed by atoms with Gasteiger partial charge in [-0.3, -0.25) is 9.59 Å². The van der Waals surface area contributed by atoms with E-state index in [1.165, 1.54) is 16.8 Å². The zero-order valence-electron chi connectivity index (χ0n) is 5.48. The maximum Gasteiger partial charge on any atom is 0.307 e. The lowest BCUT2D eigenvalue weighted by molar-refractivity contribution is 0.0905. The van der Waals surface area contributed by atoms with Crippen LogP contribution in [-0.2, 0) is 0 Å². The summed E-state index contributed by atoms with van der Waals surface area (Å²) < 4.78 is 6.00. The Labute approximate surface area is 61.2 Å². The predicted octanol–water partition coefficient (Wildman–Crippen LogP) is -0.724. The highest BCUT2D eigenvalue weighted by Gasteiger charge is 2.19. The van der Waals surface area contributed by atoms with Crippen molar-refractivity contribution in [3.05, 3.63) is 22.6 Å². The van der Waals surface area contributed by atoms with Gasteiger partial charge < -0.3 is 4.74 Å². The number of fused-ring (bicyclic) bond motifs is 1. The van der Waals surface area contributed by atoms with Gasteiger partial charge in [0.15, 0.2) is 6.61 Å². The van der Waals surface area contributed by atoms with Crippen LogP contribution in [-0.4, -0.2) is 22.1 Å². The van der Waals surface area contributed by atoms with E-state index in [0.29, 0.717) is 0 Å². The van der Waals surface area contributed by atoms with Gasteiger partial charge in [0.1, 0.15) is 0 Å². The van der Waals surface area contributed by atoms with Gasteiger partial charge in [-0.15, -0.1) is 0 Å². The number of hydrogen-bond donors (Lipinski definition) is 0. The molecule has 11 heavy (non-hydrogen) atoms. The Bertz CT molecular complexity index is 368. The molecule has 0 saturated carbocycles. The molecule has 0 spiro atoms. The van der Waals surface area contributed by atoms with Gasteiger partial charge in [-0.1, -0.05) is 0 Å². The van der Waals surface area contributed by atoms with E-state index in [9.17, 15) is 9.59 Å². The lowest BCUT2D eigenvalue weighted by Crippen LogP contribution is -2.11. The van der Waals surface area contributed by atoms with Crippen molar-refractivity contribution in [2.45, 2.75) is 0 Å². The molecule has 1 aliphatic heterocycles. The van der Waals surface area contributed by atoms with Gasteiger partial charge >= 0.3 is 6.01 Å². The third-order valence-corrected chi connectivity index (χ3v) is 1.37. The second-order valence-corrected chi connectivity index (χ2v) is 2.10. The molecular weight excluding hydrogens is 148 g/mol. The Hall–Kier alpha value is -1.65. The summed E-state index contributed by atoms with van der Waals surface area (Å²) in [6.07, 6.45) is 1.36. The third kappa shape index (κ3) is 0.813. The van der Waals surface area contributed by atoms with Crippen LogP contribution in [0.2, 0.25) is 0 Å². The van der Waals surface area contributed by atoms with E-state index in [1.54, 1.807) is 0 Å². The molecular formula is C6H4N2O3. The van der Waals surface area contributed by atoms with E-state index in [2.05, 4.69) is 4.98 Å². The molecule has 0 amide bonds. The molecule has 1 aromatic heterocycles. The van der Waals surface area contributed by atoms with Crippen molar-refractivity contribution in [1.82, 2.24) is 9.55 Å². The Morgan fingerprint density at radius 2 is 2.36 bits per heavy atom. The van der Waals surface area contributed by atoms with Crippen molar-refractivity contribution in [2.24, 2.45) is 0 Å². The SMILES string of the molecule is O=C1COc2nc(=O)ccn21. The number of aromatic nitrogens is 2. The molecule has 0 unspecified atom stereocenters. The molecule has 0 bridgehead atoms. The standard InChI is InChI=1S/C6H4N2O3/c9-4-1-2-8-5(10)3-11-6(8)7-4/h1-2H,3H2. The van der Waals surface area contributed by atoms with Crippen molar-refractivity contribution in [1.29, 1.82) is 0 Å². The van der Waals surface area contributed by atoms with Crippen LogP contribution in [0.15, 0.2) is 17.1 Å². The van der Waals surface area contributed by atoms with E-state index in [-0.39, 0.29) is 18.5 Å². The average Bonchev–Trinajstić information content (AvgIpc) is 2.32. The van der Waals surface area contributed by atoms with Crippen LogP contribution in [0.4, 0.5) is 0 Å². The molecule has 0 N–H and O–H groups in total. The Balaban J connectivity index is 2.68. The lowest BCUT2D eigenvalue weighted by Gasteiger charge is -1.93. The van der Waals surface area contributed by atoms with Crippen molar-refractivity contribution < 1.29 is 9.53 Å². The second-order valence-electron chi connectivity index (χ2n) is 2.10. The highest BCUT2D eigenvalue weighted by Crippen LogP contribution is 2.09. The van der Waals surface area contributed by atoms with Gasteiger partial charge in [0.05, 0.1) is 0 Å². The average molecular weight is 152 g/mol. The first kappa shape index (κ1) is 6.09. The normalized spacial score (nSPS) is 14.4. The van der Waals surface area contributed by atoms with Crippen LogP contribution in [0.25, 0.3) is 0 Å². The van der Waals surface area contributed by atoms with Crippen molar-refractivity contribution >= 4 is 5.91 Å². The predicted molar refractivity (Wildman–Crippen MR) is 34.6 cm³/mol. The number of nitrogens with zero attached hydrogens (tertiary/aromatic N) is 2. The molecule has 1 aromatic rings. The molecule has 0 saturated heterocycles. The molecule has 5 nitrogen and oxygen atoms in total. The minimum Gasteiger partial charge on any atom is -0.454 e. The zero-order chi connectivity index (χ0) is 7.84. The number of carbonyl (C=O) groups is 1. The molecule has 56 valence electrons. The topological polar surface area (TPSA) is 61.2 Å². The zero-order valence-corrected chi connectivity index (χ0v) is 5.48. The minimum absolute atomic E-state index is 0.0313. The molecule has 0 fully saturated rings. The first-order valence-corrected chi connectivity index (χ1v) is 3.03. The summed E-state index contributed by atoms with van der Waals surface area (Å²) in [4.78, 5) is 25.0. The van der Waals surface area contributed by atoms with Gasteiger partial charge in [-0.2, -0.15) is 4.98 Å². The monoisotopic (exact) mass is 152 g/mol. The second kappa shape index (κ2) is 1.91. The van der Waals surface area contributed by atoms with E-state index in [0.717, 1.165) is 0 Å². The van der Waals surface area contributed by atoms with Gasteiger partial charge in [-0.25, -0.2) is 4.57 Å². The van der Waals surface area contributed by atoms with E-state index in [4.69, 9.17) is 4.74 Å². The van der Waals surface area contributed by atoms with Crippen molar-refractivity contribution in [2.75, 3.05) is 6.61 Å². The maximum atomic E-state index is 10.9. The summed E-state index contributed by atoms with van der Waals surface area (Å²) >= 11 is 0. The van der Waals surface area contributed by atoms with Crippen LogP contribution in [0, 0.1) is 0 Å². The van der Waals surface area contributed by atoms with Crippen LogP contribution in [0.3, 0.4) is 0 Å². The first-order valence-electron chi connectivity index (χ1n) is 3.03. The number of carbonyl (C=O) groups excluding carboxylic acids is 1. The molecule has 0 atom stereocenters. The fourth-order valence-corrected chi connectivity index (χ4v) is 0.875. The van der Waals surface area contributed by atoms with Crippen molar-refractivity contribution in [3.63, 3.8) is 0 Å². The molecule has 0 radical (unpaired) electrons. The summed E-state index contributed by atoms with van der Waals surface area (Å²) in [6.45, 7) is -0.0313. The quantitative estimate of drug-likeness (QED) is 0.492. The minimum atomic E-state index is -0.397. The molecule has 2 heterocycles. The summed E-state index contributed by atoms with van der Waals surface area (Å²) in [7, 11) is 0. The first-order chi connectivity index (χ1) is 5.27. The molecule has 5 heteroatoms. The third-order valence-electron chi connectivity index (χ3n) is 1.37. The summed E-state index contributed by atoms with van der Waals surface area (Å²) in [5.74, 6) is -0.201. The molecule has 1 aliphatic rings. The lowest BCUT2D eigenvalue weighted by atomic mass is 10.6. The van der Waals surface area contributed by atoms with Gasteiger partial charge in [0.2, 0.25) is 0 Å². The maximum absolute atomic E-state index is 10.9. The van der Waals surface area contributed by atoms with Crippen LogP contribution in [0.1, 0.15) is 4.79 Å². The molecule has 0 aliphatic carbocycles. The van der Waals surface area contributed by atoms with Crippen LogP contribution in [0.5, 0.6) is 6.01 Å².